The number of hydrogen-bond acceptors (Lipinski definition) is 4. The van der Waals surface area contributed by atoms with E-state index < -0.39 is 0 Å². The monoisotopic (exact) mass is 344 g/mol. The first-order chi connectivity index (χ1) is 11.8. The minimum absolute atomic E-state index is 0.135. The van der Waals surface area contributed by atoms with E-state index in [-0.39, 0.29) is 24.0 Å². The lowest BCUT2D eigenvalue weighted by molar-refractivity contribution is 0.0911. The van der Waals surface area contributed by atoms with Gasteiger partial charge in [0, 0.05) is 22.9 Å². The van der Waals surface area contributed by atoms with Crippen molar-refractivity contribution in [1.82, 2.24) is 15.8 Å². The highest BCUT2D eigenvalue weighted by atomic mass is 16.5. The number of nitrogens with one attached hydrogen (secondary N) is 3. The van der Waals surface area contributed by atoms with Crippen molar-refractivity contribution in [2.75, 3.05) is 5.32 Å². The molecule has 0 bridgehead atoms. The first kappa shape index (κ1) is 18.5. The van der Waals surface area contributed by atoms with Gasteiger partial charge in [0.15, 0.2) is 0 Å². The van der Waals surface area contributed by atoms with Gasteiger partial charge in [-0.3, -0.25) is 4.79 Å². The number of benzene rings is 1. The lowest BCUT2D eigenvalue weighted by Gasteiger charge is -2.24. The number of rotatable bonds is 6. The molecule has 3 amide bonds. The number of nitrogens with zero attached hydrogens (tertiary/aromatic N) is 1. The molecule has 0 saturated carbocycles. The third-order valence-electron chi connectivity index (χ3n) is 3.85. The van der Waals surface area contributed by atoms with Crippen LogP contribution in [0.25, 0.3) is 0 Å². The standard InChI is InChI=1S/C18H24N4O3/c1-5-18(3,4)21-16(23)13-6-8-14(9-7-13)20-17(24)19-11-15-10-12(2)25-22-15/h6-10H,5,11H2,1-4H3,(H,21,23)(H2,19,20,24). The van der Waals surface area contributed by atoms with Crippen molar-refractivity contribution in [3.05, 3.63) is 47.3 Å². The van der Waals surface area contributed by atoms with Crippen molar-refractivity contribution in [2.24, 2.45) is 0 Å². The molecule has 0 spiro atoms. The normalized spacial score (nSPS) is 11.0. The van der Waals surface area contributed by atoms with Gasteiger partial charge in [0.2, 0.25) is 0 Å². The first-order valence-corrected chi connectivity index (χ1v) is 8.19. The molecule has 0 aliphatic rings. The summed E-state index contributed by atoms with van der Waals surface area (Å²) >= 11 is 0. The van der Waals surface area contributed by atoms with Gasteiger partial charge in [-0.05, 0) is 51.5 Å². The smallest absolute Gasteiger partial charge is 0.319 e. The van der Waals surface area contributed by atoms with Crippen molar-refractivity contribution >= 4 is 17.6 Å². The van der Waals surface area contributed by atoms with Gasteiger partial charge in [-0.15, -0.1) is 0 Å². The molecule has 0 radical (unpaired) electrons. The maximum atomic E-state index is 12.2. The van der Waals surface area contributed by atoms with Crippen LogP contribution in [0.2, 0.25) is 0 Å². The first-order valence-electron chi connectivity index (χ1n) is 8.19. The fourth-order valence-electron chi connectivity index (χ4n) is 2.02. The van der Waals surface area contributed by atoms with Gasteiger partial charge < -0.3 is 20.5 Å². The van der Waals surface area contributed by atoms with Crippen LogP contribution in [0.15, 0.2) is 34.9 Å². The molecular formula is C18H24N4O3. The van der Waals surface area contributed by atoms with E-state index in [1.807, 2.05) is 20.8 Å². The second-order valence-electron chi connectivity index (χ2n) is 6.51. The van der Waals surface area contributed by atoms with Crippen LogP contribution in [0.3, 0.4) is 0 Å². The van der Waals surface area contributed by atoms with Gasteiger partial charge in [-0.1, -0.05) is 12.1 Å². The summed E-state index contributed by atoms with van der Waals surface area (Å²) in [4.78, 5) is 24.1. The highest BCUT2D eigenvalue weighted by molar-refractivity contribution is 5.95. The summed E-state index contributed by atoms with van der Waals surface area (Å²) in [6, 6.07) is 8.13. The van der Waals surface area contributed by atoms with Gasteiger partial charge in [0.25, 0.3) is 5.91 Å². The summed E-state index contributed by atoms with van der Waals surface area (Å²) in [6.45, 7) is 8.03. The van der Waals surface area contributed by atoms with E-state index in [2.05, 4.69) is 21.1 Å². The van der Waals surface area contributed by atoms with Gasteiger partial charge >= 0.3 is 6.03 Å². The Morgan fingerprint density at radius 3 is 2.44 bits per heavy atom. The molecule has 0 atom stereocenters. The van der Waals surface area contributed by atoms with E-state index in [4.69, 9.17) is 4.52 Å². The lowest BCUT2D eigenvalue weighted by atomic mass is 10.0. The topological polar surface area (TPSA) is 96.3 Å². The molecule has 0 aliphatic heterocycles. The fourth-order valence-corrected chi connectivity index (χ4v) is 2.02. The average Bonchev–Trinajstić information content (AvgIpc) is 2.99. The van der Waals surface area contributed by atoms with Crippen molar-refractivity contribution in [3.63, 3.8) is 0 Å². The lowest BCUT2D eigenvalue weighted by Crippen LogP contribution is -2.42. The molecule has 7 nitrogen and oxygen atoms in total. The predicted molar refractivity (Wildman–Crippen MR) is 95.4 cm³/mol. The average molecular weight is 344 g/mol. The van der Waals surface area contributed by atoms with Crippen molar-refractivity contribution in [1.29, 1.82) is 0 Å². The van der Waals surface area contributed by atoms with Gasteiger partial charge in [0.1, 0.15) is 11.5 Å². The van der Waals surface area contributed by atoms with E-state index in [0.717, 1.165) is 6.42 Å². The largest absolute Gasteiger partial charge is 0.361 e. The molecule has 0 aliphatic carbocycles. The van der Waals surface area contributed by atoms with Crippen LogP contribution in [-0.2, 0) is 6.54 Å². The SMILES string of the molecule is CCC(C)(C)NC(=O)c1ccc(NC(=O)NCc2cc(C)on2)cc1. The molecule has 0 unspecified atom stereocenters. The number of carbonyl (C=O) groups excluding carboxylic acids is 2. The van der Waals surface area contributed by atoms with Crippen molar-refractivity contribution in [2.45, 2.75) is 46.2 Å². The summed E-state index contributed by atoms with van der Waals surface area (Å²) in [7, 11) is 0. The zero-order valence-electron chi connectivity index (χ0n) is 15.0. The highest BCUT2D eigenvalue weighted by Gasteiger charge is 2.18. The predicted octanol–water partition coefficient (Wildman–Crippen LogP) is 3.22. The van der Waals surface area contributed by atoms with Gasteiger partial charge in [0.05, 0.1) is 6.54 Å². The third-order valence-corrected chi connectivity index (χ3v) is 3.85. The molecule has 2 aromatic rings. The number of carbonyl (C=O) groups is 2. The molecule has 2 rings (SSSR count). The molecule has 25 heavy (non-hydrogen) atoms. The fraction of sp³-hybridized carbons (Fsp3) is 0.389. The molecule has 0 saturated heterocycles. The summed E-state index contributed by atoms with van der Waals surface area (Å²) in [5, 5.41) is 12.2. The Bertz CT molecular complexity index is 735. The quantitative estimate of drug-likeness (QED) is 0.749. The molecule has 3 N–H and O–H groups in total. The van der Waals surface area contributed by atoms with Crippen LogP contribution >= 0.6 is 0 Å². The highest BCUT2D eigenvalue weighted by Crippen LogP contribution is 2.12. The Morgan fingerprint density at radius 1 is 1.20 bits per heavy atom. The van der Waals surface area contributed by atoms with Crippen LogP contribution in [0.1, 0.15) is 49.0 Å². The second-order valence-corrected chi connectivity index (χ2v) is 6.51. The molecule has 7 heteroatoms. The summed E-state index contributed by atoms with van der Waals surface area (Å²) in [6.07, 6.45) is 0.837. The third kappa shape index (κ3) is 5.63. The van der Waals surface area contributed by atoms with Crippen molar-refractivity contribution < 1.29 is 14.1 Å². The van der Waals surface area contributed by atoms with Gasteiger partial charge in [-0.2, -0.15) is 0 Å². The number of aromatic nitrogens is 1. The number of amides is 3. The van der Waals surface area contributed by atoms with Crippen LogP contribution in [-0.4, -0.2) is 22.6 Å². The number of hydrogen-bond donors (Lipinski definition) is 3. The number of aryl methyl sites for hydroxylation is 1. The Morgan fingerprint density at radius 2 is 1.88 bits per heavy atom. The van der Waals surface area contributed by atoms with Crippen molar-refractivity contribution in [3.8, 4) is 0 Å². The van der Waals surface area contributed by atoms with Gasteiger partial charge in [-0.25, -0.2) is 4.79 Å². The Kier molecular flexibility index (Phi) is 5.80. The Balaban J connectivity index is 1.87. The minimum atomic E-state index is -0.357. The van der Waals surface area contributed by atoms with Crippen LogP contribution in [0, 0.1) is 6.92 Å². The van der Waals surface area contributed by atoms with E-state index in [0.29, 0.717) is 22.7 Å². The molecule has 1 heterocycles. The maximum absolute atomic E-state index is 12.2. The van der Waals surface area contributed by atoms with Crippen LogP contribution in [0.4, 0.5) is 10.5 Å². The zero-order valence-corrected chi connectivity index (χ0v) is 15.0. The molecule has 1 aromatic carbocycles. The van der Waals surface area contributed by atoms with Crippen LogP contribution < -0.4 is 16.0 Å². The van der Waals surface area contributed by atoms with E-state index in [1.54, 1.807) is 37.3 Å². The van der Waals surface area contributed by atoms with E-state index in [9.17, 15) is 9.59 Å². The number of anilines is 1. The molecule has 0 fully saturated rings. The summed E-state index contributed by atoms with van der Waals surface area (Å²) < 4.78 is 4.93. The van der Waals surface area contributed by atoms with E-state index >= 15 is 0 Å². The van der Waals surface area contributed by atoms with Crippen LogP contribution in [0.5, 0.6) is 0 Å². The zero-order chi connectivity index (χ0) is 18.4. The summed E-state index contributed by atoms with van der Waals surface area (Å²) in [5.41, 5.74) is 1.54. The summed E-state index contributed by atoms with van der Waals surface area (Å²) in [5.74, 6) is 0.557. The molecular weight excluding hydrogens is 320 g/mol. The molecule has 134 valence electrons. The molecule has 1 aromatic heterocycles. The second kappa shape index (κ2) is 7.83. The Labute approximate surface area is 147 Å². The van der Waals surface area contributed by atoms with E-state index in [1.165, 1.54) is 0 Å². The number of urea groups is 1. The maximum Gasteiger partial charge on any atom is 0.319 e. The minimum Gasteiger partial charge on any atom is -0.361 e. The Hall–Kier alpha value is -2.83.